The van der Waals surface area contributed by atoms with Crippen molar-refractivity contribution >= 4 is 11.9 Å². The molecule has 0 radical (unpaired) electrons. The minimum absolute atomic E-state index is 0.0230. The number of hydrogen-bond donors (Lipinski definition) is 1. The first-order chi connectivity index (χ1) is 9.52. The summed E-state index contributed by atoms with van der Waals surface area (Å²) in [4.78, 5) is 22.6. The van der Waals surface area contributed by atoms with Gasteiger partial charge in [0.25, 0.3) is 0 Å². The van der Waals surface area contributed by atoms with Crippen molar-refractivity contribution in [3.8, 4) is 0 Å². The number of methoxy groups -OCH3 is 1. The van der Waals surface area contributed by atoms with Gasteiger partial charge in [0, 0.05) is 19.4 Å². The van der Waals surface area contributed by atoms with E-state index in [2.05, 4.69) is 42.1 Å². The van der Waals surface area contributed by atoms with Gasteiger partial charge in [-0.1, -0.05) is 23.8 Å². The minimum atomic E-state index is -0.241. The predicted octanol–water partition coefficient (Wildman–Crippen LogP) is 2.31. The summed E-state index contributed by atoms with van der Waals surface area (Å²) in [7, 11) is 1.37. The van der Waals surface area contributed by atoms with Crippen LogP contribution in [0.3, 0.4) is 0 Å². The summed E-state index contributed by atoms with van der Waals surface area (Å²) in [5, 5.41) is 2.82. The van der Waals surface area contributed by atoms with E-state index in [1.165, 1.54) is 23.8 Å². The molecule has 0 spiro atoms. The average molecular weight is 277 g/mol. The fourth-order valence-corrected chi connectivity index (χ4v) is 2.03. The first kappa shape index (κ1) is 16.2. The SMILES string of the molecule is COC(=O)CCCNC(=O)CCc1ccc(C)cc1C. The molecule has 0 saturated carbocycles. The predicted molar refractivity (Wildman–Crippen MR) is 78.5 cm³/mol. The molecule has 0 fully saturated rings. The maximum Gasteiger partial charge on any atom is 0.305 e. The van der Waals surface area contributed by atoms with E-state index in [0.29, 0.717) is 25.8 Å². The van der Waals surface area contributed by atoms with Crippen LogP contribution in [0.25, 0.3) is 0 Å². The molecule has 0 heterocycles. The summed E-state index contributed by atoms with van der Waals surface area (Å²) >= 11 is 0. The van der Waals surface area contributed by atoms with Crippen molar-refractivity contribution in [2.24, 2.45) is 0 Å². The summed E-state index contributed by atoms with van der Waals surface area (Å²) in [5.74, 6) is -0.218. The first-order valence-corrected chi connectivity index (χ1v) is 6.92. The molecule has 1 amide bonds. The lowest BCUT2D eigenvalue weighted by molar-refractivity contribution is -0.140. The zero-order valence-corrected chi connectivity index (χ0v) is 12.5. The second-order valence-electron chi connectivity index (χ2n) is 4.96. The van der Waals surface area contributed by atoms with Crippen LogP contribution >= 0.6 is 0 Å². The molecule has 0 aliphatic rings. The molecule has 0 atom stereocenters. The minimum Gasteiger partial charge on any atom is -0.469 e. The number of esters is 1. The number of carbonyl (C=O) groups is 2. The Balaban J connectivity index is 2.24. The van der Waals surface area contributed by atoms with E-state index in [-0.39, 0.29) is 11.9 Å². The summed E-state index contributed by atoms with van der Waals surface area (Å²) in [6.45, 7) is 4.64. The van der Waals surface area contributed by atoms with E-state index in [1.807, 2.05) is 0 Å². The average Bonchev–Trinajstić information content (AvgIpc) is 2.42. The molecule has 0 aliphatic heterocycles. The molecule has 20 heavy (non-hydrogen) atoms. The molecular weight excluding hydrogens is 254 g/mol. The fraction of sp³-hybridized carbons (Fsp3) is 0.500. The quantitative estimate of drug-likeness (QED) is 0.614. The largest absolute Gasteiger partial charge is 0.469 e. The van der Waals surface area contributed by atoms with E-state index in [1.54, 1.807) is 0 Å². The van der Waals surface area contributed by atoms with Crippen LogP contribution < -0.4 is 5.32 Å². The second-order valence-corrected chi connectivity index (χ2v) is 4.96. The Kier molecular flexibility index (Phi) is 6.77. The molecule has 4 nitrogen and oxygen atoms in total. The number of nitrogens with one attached hydrogen (secondary N) is 1. The molecule has 0 unspecified atom stereocenters. The molecule has 1 N–H and O–H groups in total. The van der Waals surface area contributed by atoms with Crippen LogP contribution in [-0.2, 0) is 20.7 Å². The highest BCUT2D eigenvalue weighted by Gasteiger charge is 2.05. The van der Waals surface area contributed by atoms with Crippen LogP contribution in [0.2, 0.25) is 0 Å². The van der Waals surface area contributed by atoms with Crippen LogP contribution in [0.4, 0.5) is 0 Å². The molecule has 0 aliphatic carbocycles. The maximum absolute atomic E-state index is 11.7. The van der Waals surface area contributed by atoms with Gasteiger partial charge in [-0.3, -0.25) is 9.59 Å². The number of aryl methyl sites for hydroxylation is 3. The van der Waals surface area contributed by atoms with Gasteiger partial charge in [-0.05, 0) is 37.8 Å². The van der Waals surface area contributed by atoms with Crippen molar-refractivity contribution in [3.63, 3.8) is 0 Å². The van der Waals surface area contributed by atoms with Gasteiger partial charge in [-0.2, -0.15) is 0 Å². The first-order valence-electron chi connectivity index (χ1n) is 6.92. The highest BCUT2D eigenvalue weighted by atomic mass is 16.5. The third-order valence-corrected chi connectivity index (χ3v) is 3.23. The Morgan fingerprint density at radius 2 is 1.95 bits per heavy atom. The van der Waals surface area contributed by atoms with E-state index >= 15 is 0 Å². The monoisotopic (exact) mass is 277 g/mol. The number of benzene rings is 1. The number of ether oxygens (including phenoxy) is 1. The topological polar surface area (TPSA) is 55.4 Å². The van der Waals surface area contributed by atoms with E-state index in [4.69, 9.17) is 0 Å². The zero-order valence-electron chi connectivity index (χ0n) is 12.5. The second kappa shape index (κ2) is 8.35. The highest BCUT2D eigenvalue weighted by Crippen LogP contribution is 2.12. The lowest BCUT2D eigenvalue weighted by Gasteiger charge is -2.08. The number of amides is 1. The van der Waals surface area contributed by atoms with Crippen LogP contribution in [0, 0.1) is 13.8 Å². The van der Waals surface area contributed by atoms with Gasteiger partial charge in [-0.25, -0.2) is 0 Å². The van der Waals surface area contributed by atoms with Crippen LogP contribution in [0.15, 0.2) is 18.2 Å². The third kappa shape index (κ3) is 5.87. The molecule has 4 heteroatoms. The third-order valence-electron chi connectivity index (χ3n) is 3.23. The Hall–Kier alpha value is -1.84. The van der Waals surface area contributed by atoms with E-state index in [9.17, 15) is 9.59 Å². The van der Waals surface area contributed by atoms with Crippen LogP contribution in [-0.4, -0.2) is 25.5 Å². The molecule has 0 saturated heterocycles. The summed E-state index contributed by atoms with van der Waals surface area (Å²) in [6.07, 6.45) is 2.17. The highest BCUT2D eigenvalue weighted by molar-refractivity contribution is 5.76. The van der Waals surface area contributed by atoms with Crippen molar-refractivity contribution in [2.75, 3.05) is 13.7 Å². The van der Waals surface area contributed by atoms with Gasteiger partial charge in [0.15, 0.2) is 0 Å². The molecule has 0 aromatic heterocycles. The Morgan fingerprint density at radius 1 is 1.20 bits per heavy atom. The smallest absolute Gasteiger partial charge is 0.305 e. The van der Waals surface area contributed by atoms with Gasteiger partial charge in [0.2, 0.25) is 5.91 Å². The van der Waals surface area contributed by atoms with Crippen molar-refractivity contribution in [1.29, 1.82) is 0 Å². The Labute approximate surface area is 120 Å². The van der Waals surface area contributed by atoms with Crippen LogP contribution in [0.5, 0.6) is 0 Å². The van der Waals surface area contributed by atoms with Gasteiger partial charge < -0.3 is 10.1 Å². The molecule has 110 valence electrons. The van der Waals surface area contributed by atoms with Crippen molar-refractivity contribution < 1.29 is 14.3 Å². The maximum atomic E-state index is 11.7. The summed E-state index contributed by atoms with van der Waals surface area (Å²) < 4.78 is 4.53. The zero-order chi connectivity index (χ0) is 15.0. The lowest BCUT2D eigenvalue weighted by atomic mass is 10.0. The summed E-state index contributed by atoms with van der Waals surface area (Å²) in [6, 6.07) is 6.27. The van der Waals surface area contributed by atoms with Gasteiger partial charge in [0.05, 0.1) is 7.11 Å². The fourth-order valence-electron chi connectivity index (χ4n) is 2.03. The van der Waals surface area contributed by atoms with Crippen molar-refractivity contribution in [2.45, 2.75) is 39.5 Å². The van der Waals surface area contributed by atoms with E-state index in [0.717, 1.165) is 6.42 Å². The standard InChI is InChI=1S/C16H23NO3/c1-12-6-7-14(13(2)11-12)8-9-15(18)17-10-4-5-16(19)20-3/h6-7,11H,4-5,8-10H2,1-3H3,(H,17,18). The molecule has 1 aromatic carbocycles. The summed E-state index contributed by atoms with van der Waals surface area (Å²) in [5.41, 5.74) is 3.67. The molecule has 1 aromatic rings. The van der Waals surface area contributed by atoms with Crippen molar-refractivity contribution in [3.05, 3.63) is 34.9 Å². The van der Waals surface area contributed by atoms with Gasteiger partial charge >= 0.3 is 5.97 Å². The number of carbonyl (C=O) groups excluding carboxylic acids is 2. The van der Waals surface area contributed by atoms with E-state index < -0.39 is 0 Å². The van der Waals surface area contributed by atoms with Gasteiger partial charge in [0.1, 0.15) is 0 Å². The van der Waals surface area contributed by atoms with Crippen molar-refractivity contribution in [1.82, 2.24) is 5.32 Å². The van der Waals surface area contributed by atoms with Crippen LogP contribution in [0.1, 0.15) is 36.0 Å². The normalized spacial score (nSPS) is 10.2. The van der Waals surface area contributed by atoms with Gasteiger partial charge in [-0.15, -0.1) is 0 Å². The molecular formula is C16H23NO3. The molecule has 1 rings (SSSR count). The Bertz CT molecular complexity index is 469. The number of rotatable bonds is 7. The lowest BCUT2D eigenvalue weighted by Crippen LogP contribution is -2.25. The molecule has 0 bridgehead atoms. The number of hydrogen-bond acceptors (Lipinski definition) is 3. The Morgan fingerprint density at radius 3 is 2.60 bits per heavy atom.